The lowest BCUT2D eigenvalue weighted by Crippen LogP contribution is -2.15. The van der Waals surface area contributed by atoms with Crippen LogP contribution in [0, 0.1) is 6.92 Å². The topological polar surface area (TPSA) is 84.1 Å². The third-order valence-corrected chi connectivity index (χ3v) is 5.06. The number of aryl methyl sites for hydroxylation is 1. The molecular formula is C24H20ClN3O3. The fourth-order valence-corrected chi connectivity index (χ4v) is 3.46. The summed E-state index contributed by atoms with van der Waals surface area (Å²) in [4.78, 5) is 32.3. The van der Waals surface area contributed by atoms with E-state index in [0.717, 1.165) is 22.2 Å². The van der Waals surface area contributed by atoms with Crippen molar-refractivity contribution >= 4 is 40.2 Å². The second-order valence-electron chi connectivity index (χ2n) is 7.19. The van der Waals surface area contributed by atoms with Crippen LogP contribution in [0.15, 0.2) is 66.7 Å². The van der Waals surface area contributed by atoms with Gasteiger partial charge < -0.3 is 15.0 Å². The zero-order valence-corrected chi connectivity index (χ0v) is 17.7. The fraction of sp³-hybridized carbons (Fsp3) is 0.125. The van der Waals surface area contributed by atoms with Crippen LogP contribution in [0.1, 0.15) is 40.3 Å². The molecule has 3 aromatic carbocycles. The molecule has 0 aliphatic rings. The number of amides is 1. The van der Waals surface area contributed by atoms with Crippen molar-refractivity contribution in [2.45, 2.75) is 20.0 Å². The number of nitrogens with one attached hydrogen (secondary N) is 2. The third kappa shape index (κ3) is 4.59. The van der Waals surface area contributed by atoms with Crippen LogP contribution >= 0.6 is 11.6 Å². The van der Waals surface area contributed by atoms with Crippen molar-refractivity contribution in [1.29, 1.82) is 0 Å². The van der Waals surface area contributed by atoms with Crippen molar-refractivity contribution < 1.29 is 14.3 Å². The van der Waals surface area contributed by atoms with E-state index in [2.05, 4.69) is 15.3 Å². The Morgan fingerprint density at radius 3 is 2.58 bits per heavy atom. The number of aromatic amines is 1. The number of ether oxygens (including phenoxy) is 1. The molecule has 0 fully saturated rings. The monoisotopic (exact) mass is 433 g/mol. The van der Waals surface area contributed by atoms with Crippen LogP contribution in [0.4, 0.5) is 5.69 Å². The van der Waals surface area contributed by atoms with E-state index in [9.17, 15) is 9.59 Å². The highest BCUT2D eigenvalue weighted by Crippen LogP contribution is 2.28. The van der Waals surface area contributed by atoms with Gasteiger partial charge in [-0.15, -0.1) is 0 Å². The second-order valence-corrected chi connectivity index (χ2v) is 7.63. The average molecular weight is 434 g/mol. The first kappa shape index (κ1) is 20.6. The number of rotatable bonds is 5. The first-order valence-corrected chi connectivity index (χ1v) is 10.1. The summed E-state index contributed by atoms with van der Waals surface area (Å²) in [5.74, 6) is -0.248. The minimum absolute atomic E-state index is 0.211. The molecule has 1 atom stereocenters. The van der Waals surface area contributed by atoms with E-state index in [1.165, 1.54) is 6.92 Å². The molecule has 0 radical (unpaired) electrons. The fourth-order valence-electron chi connectivity index (χ4n) is 3.28. The summed E-state index contributed by atoms with van der Waals surface area (Å²) in [6.07, 6.45) is -0.745. The number of anilines is 1. The number of carbonyl (C=O) groups excluding carboxylic acids is 2. The minimum atomic E-state index is -0.745. The normalized spacial score (nSPS) is 11.8. The van der Waals surface area contributed by atoms with Gasteiger partial charge in [0, 0.05) is 23.2 Å². The zero-order chi connectivity index (χ0) is 22.0. The summed E-state index contributed by atoms with van der Waals surface area (Å²) in [7, 11) is 0. The van der Waals surface area contributed by atoms with Gasteiger partial charge in [-0.05, 0) is 42.8 Å². The molecule has 1 aromatic heterocycles. The predicted molar refractivity (Wildman–Crippen MR) is 120 cm³/mol. The molecule has 156 valence electrons. The van der Waals surface area contributed by atoms with Crippen LogP contribution in [0.3, 0.4) is 0 Å². The van der Waals surface area contributed by atoms with E-state index in [4.69, 9.17) is 16.3 Å². The van der Waals surface area contributed by atoms with E-state index >= 15 is 0 Å². The number of hydrogen-bond donors (Lipinski definition) is 2. The summed E-state index contributed by atoms with van der Waals surface area (Å²) in [6, 6.07) is 19.8. The standard InChI is InChI=1S/C24H20ClN3O3/c1-14-8-9-17(12-20(14)26-15(2)29)24(30)31-22(16-6-4-3-5-7-16)23-27-19-11-10-18(25)13-21(19)28-23/h3-13,22H,1-2H3,(H,26,29)(H,27,28). The maximum atomic E-state index is 13.0. The summed E-state index contributed by atoms with van der Waals surface area (Å²) in [5.41, 5.74) is 3.99. The second kappa shape index (κ2) is 8.62. The Morgan fingerprint density at radius 2 is 1.84 bits per heavy atom. The molecule has 0 aliphatic heterocycles. The lowest BCUT2D eigenvalue weighted by atomic mass is 10.1. The Balaban J connectivity index is 1.70. The molecule has 1 heterocycles. The molecule has 0 saturated heterocycles. The Bertz CT molecular complexity index is 1270. The van der Waals surface area contributed by atoms with E-state index < -0.39 is 12.1 Å². The molecule has 31 heavy (non-hydrogen) atoms. The molecule has 7 heteroatoms. The number of benzene rings is 3. The van der Waals surface area contributed by atoms with E-state index in [-0.39, 0.29) is 5.91 Å². The van der Waals surface area contributed by atoms with E-state index in [0.29, 0.717) is 22.1 Å². The van der Waals surface area contributed by atoms with Crippen LogP contribution in [-0.2, 0) is 9.53 Å². The highest BCUT2D eigenvalue weighted by atomic mass is 35.5. The third-order valence-electron chi connectivity index (χ3n) is 4.82. The molecule has 6 nitrogen and oxygen atoms in total. The van der Waals surface area contributed by atoms with Gasteiger partial charge in [0.25, 0.3) is 0 Å². The number of H-pyrrole nitrogens is 1. The molecule has 4 aromatic rings. The lowest BCUT2D eigenvalue weighted by molar-refractivity contribution is -0.114. The molecule has 1 unspecified atom stereocenters. The predicted octanol–water partition coefficient (Wildman–Crippen LogP) is 5.43. The lowest BCUT2D eigenvalue weighted by Gasteiger charge is -2.17. The minimum Gasteiger partial charge on any atom is -0.446 e. The van der Waals surface area contributed by atoms with Gasteiger partial charge in [0.2, 0.25) is 5.91 Å². The van der Waals surface area contributed by atoms with Crippen LogP contribution in [0.2, 0.25) is 5.02 Å². The number of nitrogens with zero attached hydrogens (tertiary/aromatic N) is 1. The van der Waals surface area contributed by atoms with Gasteiger partial charge in [-0.25, -0.2) is 9.78 Å². The number of fused-ring (bicyclic) bond motifs is 1. The van der Waals surface area contributed by atoms with Gasteiger partial charge in [0.05, 0.1) is 16.6 Å². The first-order chi connectivity index (χ1) is 14.9. The van der Waals surface area contributed by atoms with Crippen molar-refractivity contribution in [3.63, 3.8) is 0 Å². The summed E-state index contributed by atoms with van der Waals surface area (Å²) >= 11 is 6.09. The van der Waals surface area contributed by atoms with Crippen molar-refractivity contribution in [1.82, 2.24) is 9.97 Å². The summed E-state index contributed by atoms with van der Waals surface area (Å²) in [5, 5.41) is 3.31. The number of imidazole rings is 1. The quantitative estimate of drug-likeness (QED) is 0.411. The van der Waals surface area contributed by atoms with Crippen molar-refractivity contribution in [3.05, 3.63) is 94.3 Å². The number of hydrogen-bond acceptors (Lipinski definition) is 4. The van der Waals surface area contributed by atoms with Gasteiger partial charge in [-0.2, -0.15) is 0 Å². The molecule has 4 rings (SSSR count). The maximum Gasteiger partial charge on any atom is 0.339 e. The highest BCUT2D eigenvalue weighted by Gasteiger charge is 2.24. The van der Waals surface area contributed by atoms with Crippen LogP contribution in [0.25, 0.3) is 11.0 Å². The molecule has 0 saturated carbocycles. The van der Waals surface area contributed by atoms with Crippen LogP contribution in [0.5, 0.6) is 0 Å². The van der Waals surface area contributed by atoms with E-state index in [1.807, 2.05) is 37.3 Å². The van der Waals surface area contributed by atoms with Gasteiger partial charge in [-0.1, -0.05) is 48.0 Å². The Labute approximate surface area is 184 Å². The smallest absolute Gasteiger partial charge is 0.339 e. The molecule has 1 amide bonds. The van der Waals surface area contributed by atoms with Crippen LogP contribution < -0.4 is 5.32 Å². The Hall–Kier alpha value is -3.64. The first-order valence-electron chi connectivity index (χ1n) is 9.70. The number of aromatic nitrogens is 2. The number of carbonyl (C=O) groups is 2. The SMILES string of the molecule is CC(=O)Nc1cc(C(=O)OC(c2ccccc2)c2nc3ccc(Cl)cc3[nH]2)ccc1C. The Kier molecular flexibility index (Phi) is 5.73. The average Bonchev–Trinajstić information content (AvgIpc) is 3.16. The van der Waals surface area contributed by atoms with Crippen molar-refractivity contribution in [3.8, 4) is 0 Å². The van der Waals surface area contributed by atoms with Crippen molar-refractivity contribution in [2.75, 3.05) is 5.32 Å². The zero-order valence-electron chi connectivity index (χ0n) is 17.0. The van der Waals surface area contributed by atoms with Gasteiger partial charge in [0.15, 0.2) is 11.9 Å². The Morgan fingerprint density at radius 1 is 1.06 bits per heavy atom. The molecule has 0 spiro atoms. The molecule has 0 bridgehead atoms. The van der Waals surface area contributed by atoms with Gasteiger partial charge in [-0.3, -0.25) is 4.79 Å². The molecule has 0 aliphatic carbocycles. The number of halogens is 1. The molecular weight excluding hydrogens is 414 g/mol. The maximum absolute atomic E-state index is 13.0. The van der Waals surface area contributed by atoms with E-state index in [1.54, 1.807) is 36.4 Å². The van der Waals surface area contributed by atoms with Gasteiger partial charge >= 0.3 is 5.97 Å². The number of esters is 1. The summed E-state index contributed by atoms with van der Waals surface area (Å²) in [6.45, 7) is 3.27. The molecule has 2 N–H and O–H groups in total. The van der Waals surface area contributed by atoms with Gasteiger partial charge in [0.1, 0.15) is 0 Å². The highest BCUT2D eigenvalue weighted by molar-refractivity contribution is 6.31. The van der Waals surface area contributed by atoms with Crippen LogP contribution in [-0.4, -0.2) is 21.8 Å². The van der Waals surface area contributed by atoms with Crippen molar-refractivity contribution in [2.24, 2.45) is 0 Å². The summed E-state index contributed by atoms with van der Waals surface area (Å²) < 4.78 is 5.89. The largest absolute Gasteiger partial charge is 0.446 e.